The molecule has 0 bridgehead atoms. The zero-order chi connectivity index (χ0) is 26.6. The molecular formula is C27H39FN4O4. The number of methoxy groups -OCH3 is 1. The highest BCUT2D eigenvalue weighted by Crippen LogP contribution is 2.14. The van der Waals surface area contributed by atoms with Gasteiger partial charge in [0.1, 0.15) is 11.6 Å². The predicted octanol–water partition coefficient (Wildman–Crippen LogP) is 2.80. The summed E-state index contributed by atoms with van der Waals surface area (Å²) >= 11 is 0. The predicted molar refractivity (Wildman–Crippen MR) is 139 cm³/mol. The van der Waals surface area contributed by atoms with Gasteiger partial charge in [-0.1, -0.05) is 30.3 Å². The lowest BCUT2D eigenvalue weighted by Crippen LogP contribution is -2.32. The number of hydrogen-bond acceptors (Lipinski definition) is 5. The van der Waals surface area contributed by atoms with Crippen molar-refractivity contribution in [2.24, 2.45) is 0 Å². The van der Waals surface area contributed by atoms with Crippen molar-refractivity contribution in [2.75, 3.05) is 39.8 Å². The molecule has 3 N–H and O–H groups in total. The second-order valence-corrected chi connectivity index (χ2v) is 8.27. The SMILES string of the molecule is CC(=O)NCCCNCCN(C=O)Cc1ccccc1.COc1cc(C)cc(F)c1.O=C1CCCN1. The average Bonchev–Trinajstić information content (AvgIpc) is 3.34. The molecular weight excluding hydrogens is 463 g/mol. The highest BCUT2D eigenvalue weighted by atomic mass is 19.1. The van der Waals surface area contributed by atoms with Gasteiger partial charge in [0.15, 0.2) is 0 Å². The van der Waals surface area contributed by atoms with Crippen LogP contribution in [0.15, 0.2) is 48.5 Å². The van der Waals surface area contributed by atoms with Crippen LogP contribution in [-0.4, -0.2) is 63.0 Å². The zero-order valence-corrected chi connectivity index (χ0v) is 21.5. The number of carbonyl (C=O) groups excluding carboxylic acids is 3. The van der Waals surface area contributed by atoms with Crippen molar-refractivity contribution in [1.29, 1.82) is 0 Å². The molecule has 0 aromatic heterocycles. The first-order valence-electron chi connectivity index (χ1n) is 12.1. The van der Waals surface area contributed by atoms with Crippen molar-refractivity contribution in [3.05, 3.63) is 65.5 Å². The lowest BCUT2D eigenvalue weighted by Gasteiger charge is -2.17. The minimum absolute atomic E-state index is 0.00000821. The normalized spacial score (nSPS) is 11.7. The summed E-state index contributed by atoms with van der Waals surface area (Å²) in [4.78, 5) is 33.5. The minimum Gasteiger partial charge on any atom is -0.497 e. The molecule has 198 valence electrons. The Morgan fingerprint density at radius 1 is 1.17 bits per heavy atom. The Bertz CT molecular complexity index is 884. The van der Waals surface area contributed by atoms with Gasteiger partial charge in [0.25, 0.3) is 0 Å². The van der Waals surface area contributed by atoms with Crippen LogP contribution in [0, 0.1) is 12.7 Å². The summed E-state index contributed by atoms with van der Waals surface area (Å²) in [5.41, 5.74) is 2.00. The second-order valence-electron chi connectivity index (χ2n) is 8.27. The van der Waals surface area contributed by atoms with E-state index in [9.17, 15) is 18.8 Å². The number of aryl methyl sites for hydroxylation is 1. The van der Waals surface area contributed by atoms with Gasteiger partial charge in [-0.2, -0.15) is 0 Å². The molecule has 1 saturated heterocycles. The Kier molecular flexibility index (Phi) is 16.0. The Labute approximate surface area is 213 Å². The first-order chi connectivity index (χ1) is 17.3. The van der Waals surface area contributed by atoms with Gasteiger partial charge < -0.3 is 25.6 Å². The maximum atomic E-state index is 12.5. The Balaban J connectivity index is 0.000000330. The molecule has 0 aliphatic carbocycles. The quantitative estimate of drug-likeness (QED) is 0.324. The molecule has 1 fully saturated rings. The van der Waals surface area contributed by atoms with Crippen molar-refractivity contribution >= 4 is 18.2 Å². The second kappa shape index (κ2) is 18.8. The zero-order valence-electron chi connectivity index (χ0n) is 21.5. The third-order valence-corrected chi connectivity index (χ3v) is 5.01. The molecule has 3 amide bonds. The van der Waals surface area contributed by atoms with Crippen LogP contribution < -0.4 is 20.7 Å². The molecule has 0 spiro atoms. The maximum absolute atomic E-state index is 12.5. The Hall–Kier alpha value is -3.46. The lowest BCUT2D eigenvalue weighted by atomic mass is 10.2. The summed E-state index contributed by atoms with van der Waals surface area (Å²) in [5, 5.41) is 8.68. The highest BCUT2D eigenvalue weighted by molar-refractivity contribution is 5.77. The van der Waals surface area contributed by atoms with E-state index in [1.54, 1.807) is 11.0 Å². The van der Waals surface area contributed by atoms with Crippen LogP contribution in [0.4, 0.5) is 4.39 Å². The number of hydrogen-bond donors (Lipinski definition) is 3. The van der Waals surface area contributed by atoms with Crippen LogP contribution in [0.3, 0.4) is 0 Å². The van der Waals surface area contributed by atoms with Gasteiger partial charge in [-0.15, -0.1) is 0 Å². The third kappa shape index (κ3) is 15.4. The summed E-state index contributed by atoms with van der Waals surface area (Å²) in [7, 11) is 1.52. The van der Waals surface area contributed by atoms with Gasteiger partial charge in [0.05, 0.1) is 7.11 Å². The van der Waals surface area contributed by atoms with Crippen LogP contribution in [-0.2, 0) is 20.9 Å². The molecule has 0 saturated carbocycles. The topological polar surface area (TPSA) is 99.8 Å². The summed E-state index contributed by atoms with van der Waals surface area (Å²) in [6.45, 7) is 7.81. The molecule has 36 heavy (non-hydrogen) atoms. The lowest BCUT2D eigenvalue weighted by molar-refractivity contribution is -0.119. The number of nitrogens with one attached hydrogen (secondary N) is 3. The van der Waals surface area contributed by atoms with Crippen LogP contribution in [0.1, 0.15) is 37.3 Å². The molecule has 1 aliphatic heterocycles. The molecule has 1 heterocycles. The molecule has 2 aromatic rings. The van der Waals surface area contributed by atoms with Crippen molar-refractivity contribution in [3.8, 4) is 5.75 Å². The number of benzene rings is 2. The van der Waals surface area contributed by atoms with Gasteiger partial charge >= 0.3 is 0 Å². The fourth-order valence-corrected chi connectivity index (χ4v) is 3.20. The van der Waals surface area contributed by atoms with E-state index in [0.29, 0.717) is 25.4 Å². The van der Waals surface area contributed by atoms with Gasteiger partial charge in [0.2, 0.25) is 18.2 Å². The summed E-state index contributed by atoms with van der Waals surface area (Å²) < 4.78 is 17.4. The van der Waals surface area contributed by atoms with Gasteiger partial charge in [0, 0.05) is 52.1 Å². The Morgan fingerprint density at radius 2 is 1.92 bits per heavy atom. The Morgan fingerprint density at radius 3 is 2.44 bits per heavy atom. The molecule has 8 nitrogen and oxygen atoms in total. The van der Waals surface area contributed by atoms with Gasteiger partial charge in [-0.25, -0.2) is 4.39 Å². The van der Waals surface area contributed by atoms with E-state index in [4.69, 9.17) is 4.74 Å². The highest BCUT2D eigenvalue weighted by Gasteiger charge is 2.05. The average molecular weight is 503 g/mol. The van der Waals surface area contributed by atoms with Crippen LogP contribution >= 0.6 is 0 Å². The third-order valence-electron chi connectivity index (χ3n) is 5.01. The van der Waals surface area contributed by atoms with E-state index < -0.39 is 0 Å². The van der Waals surface area contributed by atoms with E-state index in [2.05, 4.69) is 16.0 Å². The molecule has 9 heteroatoms. The van der Waals surface area contributed by atoms with E-state index in [0.717, 1.165) is 56.4 Å². The molecule has 3 rings (SSSR count). The van der Waals surface area contributed by atoms with Crippen molar-refractivity contribution < 1.29 is 23.5 Å². The van der Waals surface area contributed by atoms with E-state index in [1.165, 1.54) is 26.2 Å². The van der Waals surface area contributed by atoms with E-state index in [-0.39, 0.29) is 17.6 Å². The molecule has 1 aliphatic rings. The summed E-state index contributed by atoms with van der Waals surface area (Å²) in [6, 6.07) is 14.5. The molecule has 0 atom stereocenters. The number of halogens is 1. The number of ether oxygens (including phenoxy) is 1. The maximum Gasteiger partial charge on any atom is 0.220 e. The van der Waals surface area contributed by atoms with Crippen LogP contribution in [0.25, 0.3) is 0 Å². The first-order valence-corrected chi connectivity index (χ1v) is 12.1. The van der Waals surface area contributed by atoms with Crippen molar-refractivity contribution in [2.45, 2.75) is 39.7 Å². The van der Waals surface area contributed by atoms with Crippen LogP contribution in [0.5, 0.6) is 5.75 Å². The molecule has 0 unspecified atom stereocenters. The van der Waals surface area contributed by atoms with Crippen molar-refractivity contribution in [1.82, 2.24) is 20.9 Å². The van der Waals surface area contributed by atoms with E-state index >= 15 is 0 Å². The summed E-state index contributed by atoms with van der Waals surface area (Å²) in [5.74, 6) is 0.518. The largest absolute Gasteiger partial charge is 0.497 e. The minimum atomic E-state index is -0.253. The van der Waals surface area contributed by atoms with Crippen molar-refractivity contribution in [3.63, 3.8) is 0 Å². The van der Waals surface area contributed by atoms with Gasteiger partial charge in [-0.3, -0.25) is 14.4 Å². The number of nitrogens with zero attached hydrogens (tertiary/aromatic N) is 1. The fraction of sp³-hybridized carbons (Fsp3) is 0.444. The number of carbonyl (C=O) groups is 3. The van der Waals surface area contributed by atoms with E-state index in [1.807, 2.05) is 37.3 Å². The van der Waals surface area contributed by atoms with Crippen LogP contribution in [0.2, 0.25) is 0 Å². The smallest absolute Gasteiger partial charge is 0.220 e. The first kappa shape index (κ1) is 30.6. The number of rotatable bonds is 11. The van der Waals surface area contributed by atoms with Gasteiger partial charge in [-0.05, 0) is 49.6 Å². The number of amides is 3. The monoisotopic (exact) mass is 502 g/mol. The standard InChI is InChI=1S/C15H23N3O2.C8H9FO.C4H7NO/c1-14(20)17-9-5-8-16-10-11-18(13-19)12-15-6-3-2-4-7-15;1-6-3-7(9)5-8(4-6)10-2;6-4-2-1-3-5-4/h2-4,6-7,13,16H,5,8-12H2,1H3,(H,17,20);3-5H,1-2H3;1-3H2,(H,5,6). The molecule has 0 radical (unpaired) electrons. The fourth-order valence-electron chi connectivity index (χ4n) is 3.20. The molecule has 2 aromatic carbocycles. The summed E-state index contributed by atoms with van der Waals surface area (Å²) in [6.07, 6.45) is 3.53.